The van der Waals surface area contributed by atoms with Crippen LogP contribution in [0.4, 0.5) is 0 Å². The summed E-state index contributed by atoms with van der Waals surface area (Å²) < 4.78 is 0. The van der Waals surface area contributed by atoms with Gasteiger partial charge in [0.2, 0.25) is 17.7 Å². The number of rotatable bonds is 17. The molecular weight excluding hydrogens is 619 g/mol. The van der Waals surface area contributed by atoms with Crippen molar-refractivity contribution in [2.24, 2.45) is 5.73 Å². The number of hydrogen-bond acceptors (Lipinski definition) is 6. The van der Waals surface area contributed by atoms with E-state index in [4.69, 9.17) is 5.73 Å². The van der Waals surface area contributed by atoms with E-state index in [9.17, 15) is 14.4 Å². The second-order valence-electron chi connectivity index (χ2n) is 11.8. The predicted molar refractivity (Wildman–Crippen MR) is 200 cm³/mol. The van der Waals surface area contributed by atoms with Gasteiger partial charge in [0.25, 0.3) is 0 Å². The lowest BCUT2D eigenvalue weighted by Crippen LogP contribution is -2.55. The molecule has 0 radical (unpaired) electrons. The number of hydrogen-bond donors (Lipinski definition) is 3. The van der Waals surface area contributed by atoms with Crippen molar-refractivity contribution in [3.8, 4) is 0 Å². The number of nitrogens with zero attached hydrogens (tertiary/aromatic N) is 2. The van der Waals surface area contributed by atoms with Crippen molar-refractivity contribution >= 4 is 35.1 Å². The van der Waals surface area contributed by atoms with Crippen LogP contribution in [0.1, 0.15) is 81.0 Å². The van der Waals surface area contributed by atoms with Crippen molar-refractivity contribution in [2.45, 2.75) is 97.7 Å². The topological polar surface area (TPSA) is 117 Å². The van der Waals surface area contributed by atoms with Gasteiger partial charge in [-0.15, -0.1) is 11.3 Å². The molecule has 0 spiro atoms. The van der Waals surface area contributed by atoms with E-state index in [1.54, 1.807) is 25.5 Å². The van der Waals surface area contributed by atoms with Gasteiger partial charge in [-0.25, -0.2) is 0 Å². The van der Waals surface area contributed by atoms with Crippen molar-refractivity contribution in [1.29, 1.82) is 0 Å². The molecule has 0 bridgehead atoms. The van der Waals surface area contributed by atoms with Crippen LogP contribution in [0.2, 0.25) is 0 Å². The molecule has 8 nitrogen and oxygen atoms in total. The predicted octanol–water partition coefficient (Wildman–Crippen LogP) is 6.43. The quantitative estimate of drug-likeness (QED) is 0.143. The highest BCUT2D eigenvalue weighted by molar-refractivity contribution is 7.09. The lowest BCUT2D eigenvalue weighted by atomic mass is 9.90. The molecule has 0 fully saturated rings. The number of carbonyl (C=O) groups excluding carboxylic acids is 3. The number of nitrogens with one attached hydrogen (secondary N) is 2. The molecule has 2 heterocycles. The van der Waals surface area contributed by atoms with Crippen LogP contribution in [0.25, 0.3) is 6.08 Å². The summed E-state index contributed by atoms with van der Waals surface area (Å²) in [5, 5.41) is 7.94. The summed E-state index contributed by atoms with van der Waals surface area (Å²) in [6, 6.07) is 12.1. The highest BCUT2D eigenvalue weighted by atomic mass is 32.1. The van der Waals surface area contributed by atoms with Gasteiger partial charge in [-0.2, -0.15) is 0 Å². The largest absolute Gasteiger partial charge is 0.354 e. The first-order chi connectivity index (χ1) is 23.1. The third-order valence-electron chi connectivity index (χ3n) is 8.50. The first-order valence-corrected chi connectivity index (χ1v) is 17.9. The summed E-state index contributed by atoms with van der Waals surface area (Å²) in [5.41, 5.74) is 10.2. The van der Waals surface area contributed by atoms with Crippen LogP contribution in [0.15, 0.2) is 78.5 Å². The minimum atomic E-state index is -0.848. The van der Waals surface area contributed by atoms with Gasteiger partial charge in [0.1, 0.15) is 12.1 Å². The Morgan fingerprint density at radius 3 is 2.33 bits per heavy atom. The maximum absolute atomic E-state index is 14.1. The van der Waals surface area contributed by atoms with Gasteiger partial charge in [0.05, 0.1) is 0 Å². The molecule has 3 rings (SSSR count). The third kappa shape index (κ3) is 12.8. The summed E-state index contributed by atoms with van der Waals surface area (Å²) in [6.07, 6.45) is 14.2. The number of aryl methyl sites for hydroxylation is 1. The zero-order valence-electron chi connectivity index (χ0n) is 29.8. The van der Waals surface area contributed by atoms with Gasteiger partial charge in [0.15, 0.2) is 0 Å². The van der Waals surface area contributed by atoms with Gasteiger partial charge < -0.3 is 21.3 Å². The number of benzene rings is 1. The van der Waals surface area contributed by atoms with E-state index in [1.807, 2.05) is 102 Å². The molecule has 0 aliphatic heterocycles. The van der Waals surface area contributed by atoms with E-state index in [1.165, 1.54) is 22.3 Å². The number of allylic oxidation sites excluding steroid dienone is 1. The molecule has 0 aliphatic carbocycles. The molecule has 0 saturated heterocycles. The Bertz CT molecular complexity index is 1470. The summed E-state index contributed by atoms with van der Waals surface area (Å²) in [5.74, 6) is -0.956. The van der Waals surface area contributed by atoms with Crippen molar-refractivity contribution in [2.75, 3.05) is 13.6 Å². The Balaban J connectivity index is 0.00000392. The fourth-order valence-electron chi connectivity index (χ4n) is 5.17. The second-order valence-corrected chi connectivity index (χ2v) is 12.8. The first-order valence-electron chi connectivity index (χ1n) is 17.0. The molecule has 2 aromatic heterocycles. The number of nitrogens with two attached hydrogens (primary N) is 1. The molecule has 3 aromatic rings. The lowest BCUT2D eigenvalue weighted by molar-refractivity contribution is -0.137. The Hall–Kier alpha value is -4.08. The standard InChI is InChI=1S/C37H49N5O3S.C2H6/c1-6-11-30-15-14-29(24-27(30)4)25-33(42(5)34(43)13-9-19-37(38,7-2)8-3)36(45)41-32(26-31-12-10-23-46-31)35(44)40-22-18-28-16-20-39-21-17-28;1-2/h6,9-17,20-21,23-24,32-33H,7-8,18-19,22,25-26,38H2,1-5H3,(H,40,44)(H,41,45);1-2H3/b11-6-,13-9+;/t32?,33-;/m1./s1. The van der Waals surface area contributed by atoms with Gasteiger partial charge in [-0.3, -0.25) is 19.4 Å². The molecule has 0 saturated carbocycles. The van der Waals surface area contributed by atoms with Gasteiger partial charge in [-0.1, -0.05) is 70.2 Å². The zero-order valence-corrected chi connectivity index (χ0v) is 30.6. The lowest BCUT2D eigenvalue weighted by Gasteiger charge is -2.29. The van der Waals surface area contributed by atoms with Crippen molar-refractivity contribution in [1.82, 2.24) is 20.5 Å². The summed E-state index contributed by atoms with van der Waals surface area (Å²) >= 11 is 1.53. The second kappa shape index (κ2) is 21.0. The minimum absolute atomic E-state index is 0.270. The smallest absolute Gasteiger partial charge is 0.246 e. The van der Waals surface area contributed by atoms with Gasteiger partial charge in [-0.05, 0) is 91.4 Å². The Labute approximate surface area is 291 Å². The van der Waals surface area contributed by atoms with Crippen LogP contribution >= 0.6 is 11.3 Å². The number of likely N-dealkylation sites (N-methyl/N-ethyl adjacent to an activating group) is 1. The van der Waals surface area contributed by atoms with Crippen LogP contribution in [-0.4, -0.2) is 58.8 Å². The molecule has 1 aromatic carbocycles. The summed E-state index contributed by atoms with van der Waals surface area (Å²) in [4.78, 5) is 47.4. The third-order valence-corrected chi connectivity index (χ3v) is 9.40. The number of pyridine rings is 1. The van der Waals surface area contributed by atoms with Crippen LogP contribution in [-0.2, 0) is 33.6 Å². The number of aromatic nitrogens is 1. The summed E-state index contributed by atoms with van der Waals surface area (Å²) in [7, 11) is 1.64. The average Bonchev–Trinajstić information content (AvgIpc) is 3.62. The van der Waals surface area contributed by atoms with E-state index in [0.29, 0.717) is 32.2 Å². The molecular formula is C39H55N5O3S. The van der Waals surface area contributed by atoms with Crippen molar-refractivity contribution < 1.29 is 14.4 Å². The number of amides is 3. The molecule has 260 valence electrons. The minimum Gasteiger partial charge on any atom is -0.354 e. The molecule has 2 atom stereocenters. The van der Waals surface area contributed by atoms with E-state index in [2.05, 4.69) is 15.6 Å². The summed E-state index contributed by atoms with van der Waals surface area (Å²) in [6.45, 7) is 12.5. The fraction of sp³-hybridized carbons (Fsp3) is 0.436. The fourth-order valence-corrected chi connectivity index (χ4v) is 5.93. The maximum atomic E-state index is 14.1. The van der Waals surface area contributed by atoms with E-state index in [0.717, 1.165) is 40.0 Å². The molecule has 3 amide bonds. The van der Waals surface area contributed by atoms with Crippen LogP contribution < -0.4 is 16.4 Å². The number of thiophene rings is 1. The van der Waals surface area contributed by atoms with Crippen LogP contribution in [0, 0.1) is 6.92 Å². The van der Waals surface area contributed by atoms with E-state index >= 15 is 0 Å². The molecule has 0 aliphatic rings. The van der Waals surface area contributed by atoms with E-state index < -0.39 is 12.1 Å². The van der Waals surface area contributed by atoms with Crippen molar-refractivity contribution in [3.05, 3.63) is 106 Å². The highest BCUT2D eigenvalue weighted by Crippen LogP contribution is 2.19. The molecule has 9 heteroatoms. The van der Waals surface area contributed by atoms with E-state index in [-0.39, 0.29) is 23.3 Å². The highest BCUT2D eigenvalue weighted by Gasteiger charge is 2.31. The average molecular weight is 674 g/mol. The molecule has 1 unspecified atom stereocenters. The monoisotopic (exact) mass is 673 g/mol. The zero-order chi connectivity index (χ0) is 35.5. The molecule has 48 heavy (non-hydrogen) atoms. The van der Waals surface area contributed by atoms with Crippen molar-refractivity contribution in [3.63, 3.8) is 0 Å². The Morgan fingerprint density at radius 2 is 1.73 bits per heavy atom. The van der Waals surface area contributed by atoms with Crippen LogP contribution in [0.3, 0.4) is 0 Å². The normalized spacial score (nSPS) is 12.7. The van der Waals surface area contributed by atoms with Gasteiger partial charge in [0, 0.05) is 49.2 Å². The maximum Gasteiger partial charge on any atom is 0.246 e. The molecule has 4 N–H and O–H groups in total. The Kier molecular flexibility index (Phi) is 17.5. The van der Waals surface area contributed by atoms with Crippen LogP contribution in [0.5, 0.6) is 0 Å². The first kappa shape index (κ1) is 40.1. The van der Waals surface area contributed by atoms with Gasteiger partial charge >= 0.3 is 0 Å². The number of carbonyl (C=O) groups is 3. The Morgan fingerprint density at radius 1 is 1.02 bits per heavy atom. The SMILES string of the molecule is C/C=C\c1ccc(C[C@H](C(=O)NC(Cc2cccs2)C(=O)NCCc2ccncc2)N(C)C(=O)/C=C/CC(N)(CC)CC)cc1C.CC.